The van der Waals surface area contributed by atoms with Gasteiger partial charge in [-0.3, -0.25) is 0 Å². The van der Waals surface area contributed by atoms with Gasteiger partial charge < -0.3 is 0 Å². The standard InChI is InChI=1S/C34H30Si/c1-5-25-17-21-29(22-18-25)33-31(27-13-9-7-10-14-27)32(28-15-11-8-12-16-28)34(35(33,3)4)30-23-19-26(6-2)20-24-30/h5-24H,1-2H2,3-4H3. The molecule has 0 radical (unpaired) electrons. The van der Waals surface area contributed by atoms with Crippen molar-refractivity contribution < 1.29 is 0 Å². The highest BCUT2D eigenvalue weighted by Gasteiger charge is 2.43. The van der Waals surface area contributed by atoms with Crippen LogP contribution in [0, 0.1) is 0 Å². The van der Waals surface area contributed by atoms with Crippen LogP contribution >= 0.6 is 0 Å². The Morgan fingerprint density at radius 1 is 0.457 bits per heavy atom. The van der Waals surface area contributed by atoms with Crippen molar-refractivity contribution in [3.05, 3.63) is 156 Å². The van der Waals surface area contributed by atoms with Crippen LogP contribution in [0.5, 0.6) is 0 Å². The van der Waals surface area contributed by atoms with E-state index in [4.69, 9.17) is 0 Å². The molecule has 170 valence electrons. The minimum absolute atomic E-state index is 1.14. The van der Waals surface area contributed by atoms with Crippen LogP contribution < -0.4 is 0 Å². The lowest BCUT2D eigenvalue weighted by molar-refractivity contribution is 1.57. The zero-order valence-corrected chi connectivity index (χ0v) is 21.5. The van der Waals surface area contributed by atoms with Crippen LogP contribution in [-0.4, -0.2) is 8.07 Å². The summed E-state index contributed by atoms with van der Waals surface area (Å²) in [6.07, 6.45) is 3.82. The van der Waals surface area contributed by atoms with Crippen LogP contribution in [0.4, 0.5) is 0 Å². The highest BCUT2D eigenvalue weighted by Crippen LogP contribution is 2.55. The fraction of sp³-hybridized carbons (Fsp3) is 0.0588. The smallest absolute Gasteiger partial charge is 0.0985 e. The Labute approximate surface area is 210 Å². The SMILES string of the molecule is C=Cc1ccc(C2=C(c3ccccc3)C(c3ccccc3)=C(c3ccc(C=C)cc3)[Si]2(C)C)cc1. The summed E-state index contributed by atoms with van der Waals surface area (Å²) in [7, 11) is -2.12. The van der Waals surface area contributed by atoms with Crippen LogP contribution in [0.15, 0.2) is 122 Å². The predicted molar refractivity (Wildman–Crippen MR) is 157 cm³/mol. The molecule has 0 unspecified atom stereocenters. The van der Waals surface area contributed by atoms with Gasteiger partial charge >= 0.3 is 0 Å². The highest BCUT2D eigenvalue weighted by atomic mass is 28.3. The quantitative estimate of drug-likeness (QED) is 0.248. The summed E-state index contributed by atoms with van der Waals surface area (Å²) in [5.41, 5.74) is 10.2. The molecule has 0 saturated heterocycles. The van der Waals surface area contributed by atoms with E-state index in [0.29, 0.717) is 0 Å². The first-order chi connectivity index (χ1) is 17.0. The van der Waals surface area contributed by atoms with Gasteiger partial charge in [0.05, 0.1) is 0 Å². The molecule has 0 nitrogen and oxygen atoms in total. The Balaban J connectivity index is 1.87. The molecule has 0 bridgehead atoms. The van der Waals surface area contributed by atoms with Crippen molar-refractivity contribution in [1.82, 2.24) is 0 Å². The van der Waals surface area contributed by atoms with E-state index in [1.807, 2.05) is 12.2 Å². The molecular formula is C34H30Si. The van der Waals surface area contributed by atoms with E-state index in [1.165, 1.54) is 43.8 Å². The maximum absolute atomic E-state index is 3.95. The van der Waals surface area contributed by atoms with E-state index in [0.717, 1.165) is 11.1 Å². The second-order valence-electron chi connectivity index (χ2n) is 9.51. The number of allylic oxidation sites excluding steroid dienone is 2. The van der Waals surface area contributed by atoms with Crippen LogP contribution in [-0.2, 0) is 0 Å². The summed E-state index contributed by atoms with van der Waals surface area (Å²) in [6.45, 7) is 12.9. The van der Waals surface area contributed by atoms with Gasteiger partial charge in [-0.25, -0.2) is 0 Å². The first kappa shape index (κ1) is 22.8. The maximum Gasteiger partial charge on any atom is 0.115 e. The van der Waals surface area contributed by atoms with Crippen molar-refractivity contribution in [2.45, 2.75) is 13.1 Å². The van der Waals surface area contributed by atoms with Gasteiger partial charge in [0.25, 0.3) is 0 Å². The molecule has 1 aliphatic rings. The molecule has 1 heteroatoms. The predicted octanol–water partition coefficient (Wildman–Crippen LogP) is 9.29. The van der Waals surface area contributed by atoms with Crippen molar-refractivity contribution >= 4 is 41.8 Å². The van der Waals surface area contributed by atoms with E-state index in [-0.39, 0.29) is 0 Å². The summed E-state index contributed by atoms with van der Waals surface area (Å²) in [5, 5.41) is 2.97. The minimum atomic E-state index is -2.12. The molecule has 0 fully saturated rings. The lowest BCUT2D eigenvalue weighted by Crippen LogP contribution is -2.28. The Bertz CT molecular complexity index is 1320. The van der Waals surface area contributed by atoms with Crippen molar-refractivity contribution in [1.29, 1.82) is 0 Å². The first-order valence-corrected chi connectivity index (χ1v) is 15.1. The van der Waals surface area contributed by atoms with E-state index in [9.17, 15) is 0 Å². The highest BCUT2D eigenvalue weighted by molar-refractivity contribution is 7.13. The van der Waals surface area contributed by atoms with E-state index in [1.54, 1.807) is 0 Å². The molecular weight excluding hydrogens is 436 g/mol. The topological polar surface area (TPSA) is 0 Å². The number of hydrogen-bond acceptors (Lipinski definition) is 0. The van der Waals surface area contributed by atoms with Crippen LogP contribution in [0.25, 0.3) is 33.7 Å². The van der Waals surface area contributed by atoms with E-state index < -0.39 is 8.07 Å². The molecule has 5 rings (SSSR count). The average molecular weight is 467 g/mol. The third kappa shape index (κ3) is 4.09. The maximum atomic E-state index is 3.95. The molecule has 0 spiro atoms. The van der Waals surface area contributed by atoms with Gasteiger partial charge in [0.2, 0.25) is 0 Å². The second kappa shape index (κ2) is 9.36. The normalized spacial score (nSPS) is 14.8. The van der Waals surface area contributed by atoms with Crippen LogP contribution in [0.1, 0.15) is 33.4 Å². The molecule has 4 aromatic carbocycles. The molecule has 0 aromatic heterocycles. The monoisotopic (exact) mass is 466 g/mol. The number of benzene rings is 4. The minimum Gasteiger partial charge on any atom is -0.0985 e. The molecule has 4 aromatic rings. The molecule has 35 heavy (non-hydrogen) atoms. The van der Waals surface area contributed by atoms with Gasteiger partial charge in [-0.1, -0.05) is 148 Å². The third-order valence-electron chi connectivity index (χ3n) is 7.00. The van der Waals surface area contributed by atoms with Crippen molar-refractivity contribution in [3.8, 4) is 0 Å². The zero-order valence-electron chi connectivity index (χ0n) is 20.5. The van der Waals surface area contributed by atoms with Gasteiger partial charge in [-0.15, -0.1) is 0 Å². The Morgan fingerprint density at radius 2 is 0.800 bits per heavy atom. The first-order valence-electron chi connectivity index (χ1n) is 12.1. The van der Waals surface area contributed by atoms with E-state index >= 15 is 0 Å². The average Bonchev–Trinajstić information content (AvgIpc) is 3.16. The van der Waals surface area contributed by atoms with Crippen molar-refractivity contribution in [2.75, 3.05) is 0 Å². The lowest BCUT2D eigenvalue weighted by atomic mass is 9.89. The molecule has 1 heterocycles. The third-order valence-corrected chi connectivity index (χ3v) is 10.6. The summed E-state index contributed by atoms with van der Waals surface area (Å²) in [4.78, 5) is 0. The van der Waals surface area contributed by atoms with E-state index in [2.05, 4.69) is 135 Å². The van der Waals surface area contributed by atoms with Gasteiger partial charge in [0, 0.05) is 0 Å². The van der Waals surface area contributed by atoms with Crippen LogP contribution in [0.2, 0.25) is 13.1 Å². The summed E-state index contributed by atoms with van der Waals surface area (Å²) in [6, 6.07) is 39.6. The molecule has 0 amide bonds. The summed E-state index contributed by atoms with van der Waals surface area (Å²) in [5.74, 6) is 0. The van der Waals surface area contributed by atoms with Gasteiger partial charge in [0.1, 0.15) is 8.07 Å². The Morgan fingerprint density at radius 3 is 1.11 bits per heavy atom. The lowest BCUT2D eigenvalue weighted by Gasteiger charge is -2.26. The summed E-state index contributed by atoms with van der Waals surface area (Å²) >= 11 is 0. The fourth-order valence-corrected chi connectivity index (χ4v) is 9.18. The molecule has 0 atom stereocenters. The van der Waals surface area contributed by atoms with Crippen LogP contribution in [0.3, 0.4) is 0 Å². The van der Waals surface area contributed by atoms with Gasteiger partial charge in [-0.05, 0) is 54.9 Å². The second-order valence-corrected chi connectivity index (χ2v) is 13.8. The van der Waals surface area contributed by atoms with Gasteiger partial charge in [0.15, 0.2) is 0 Å². The van der Waals surface area contributed by atoms with Crippen molar-refractivity contribution in [3.63, 3.8) is 0 Å². The fourth-order valence-electron chi connectivity index (χ4n) is 5.37. The molecule has 0 N–H and O–H groups in total. The largest absolute Gasteiger partial charge is 0.115 e. The molecule has 0 saturated carbocycles. The summed E-state index contributed by atoms with van der Waals surface area (Å²) < 4.78 is 0. The molecule has 0 aliphatic carbocycles. The van der Waals surface area contributed by atoms with Gasteiger partial charge in [-0.2, -0.15) is 0 Å². The Hall–Kier alpha value is -3.94. The Kier molecular flexibility index (Phi) is 6.11. The molecule has 1 aliphatic heterocycles. The number of rotatable bonds is 6. The number of hydrogen-bond donors (Lipinski definition) is 0. The zero-order chi connectivity index (χ0) is 24.4. The van der Waals surface area contributed by atoms with Crippen molar-refractivity contribution in [2.24, 2.45) is 0 Å².